The number of hydrogen-bond donors (Lipinski definition) is 2. The van der Waals surface area contributed by atoms with Crippen LogP contribution in [-0.4, -0.2) is 32.2 Å². The molecule has 0 aliphatic heterocycles. The lowest BCUT2D eigenvalue weighted by molar-refractivity contribution is -0.856. The zero-order valence-electron chi connectivity index (χ0n) is 12.0. The average molecular weight is 271 g/mol. The maximum atomic E-state index is 9.11. The SMILES string of the molecule is Cc1ccc(-c2nc(C#N)c(NCC[NH+](C)C)o2)cc1. The summed E-state index contributed by atoms with van der Waals surface area (Å²) in [7, 11) is 4.15. The highest BCUT2D eigenvalue weighted by Crippen LogP contribution is 2.25. The van der Waals surface area contributed by atoms with E-state index in [2.05, 4.69) is 30.5 Å². The van der Waals surface area contributed by atoms with Gasteiger partial charge in [-0.1, -0.05) is 17.7 Å². The molecule has 0 bridgehead atoms. The van der Waals surface area contributed by atoms with Gasteiger partial charge >= 0.3 is 0 Å². The van der Waals surface area contributed by atoms with Gasteiger partial charge in [-0.25, -0.2) is 0 Å². The number of nitrogens with one attached hydrogen (secondary N) is 2. The quantitative estimate of drug-likeness (QED) is 0.854. The lowest BCUT2D eigenvalue weighted by Crippen LogP contribution is -3.06. The van der Waals surface area contributed by atoms with Gasteiger partial charge < -0.3 is 14.6 Å². The Balaban J connectivity index is 2.18. The van der Waals surface area contributed by atoms with Crippen LogP contribution in [0.4, 0.5) is 5.88 Å². The van der Waals surface area contributed by atoms with Crippen LogP contribution in [0, 0.1) is 18.3 Å². The Labute approximate surface area is 118 Å². The Morgan fingerprint density at radius 1 is 1.30 bits per heavy atom. The number of rotatable bonds is 5. The van der Waals surface area contributed by atoms with Crippen LogP contribution in [0.5, 0.6) is 0 Å². The molecular weight excluding hydrogens is 252 g/mol. The molecule has 0 aliphatic rings. The molecule has 20 heavy (non-hydrogen) atoms. The van der Waals surface area contributed by atoms with Crippen molar-refractivity contribution in [3.05, 3.63) is 35.5 Å². The monoisotopic (exact) mass is 271 g/mol. The van der Waals surface area contributed by atoms with Crippen molar-refractivity contribution in [2.45, 2.75) is 6.92 Å². The molecule has 0 radical (unpaired) electrons. The zero-order valence-corrected chi connectivity index (χ0v) is 12.0. The predicted octanol–water partition coefficient (Wildman–Crippen LogP) is 1.08. The summed E-state index contributed by atoms with van der Waals surface area (Å²) in [6.07, 6.45) is 0. The molecule has 5 heteroatoms. The highest BCUT2D eigenvalue weighted by molar-refractivity contribution is 5.59. The van der Waals surface area contributed by atoms with Gasteiger partial charge in [0.2, 0.25) is 17.5 Å². The Bertz CT molecular complexity index is 608. The van der Waals surface area contributed by atoms with Crippen LogP contribution in [-0.2, 0) is 0 Å². The van der Waals surface area contributed by atoms with E-state index >= 15 is 0 Å². The van der Waals surface area contributed by atoms with Crippen molar-refractivity contribution in [3.8, 4) is 17.5 Å². The minimum Gasteiger partial charge on any atom is -0.419 e. The summed E-state index contributed by atoms with van der Waals surface area (Å²) in [4.78, 5) is 5.56. The summed E-state index contributed by atoms with van der Waals surface area (Å²) in [5.74, 6) is 0.922. The largest absolute Gasteiger partial charge is 0.419 e. The number of aromatic nitrogens is 1. The van der Waals surface area contributed by atoms with E-state index in [0.717, 1.165) is 18.7 Å². The van der Waals surface area contributed by atoms with Crippen LogP contribution >= 0.6 is 0 Å². The van der Waals surface area contributed by atoms with Crippen molar-refractivity contribution in [2.24, 2.45) is 0 Å². The molecule has 0 amide bonds. The van der Waals surface area contributed by atoms with E-state index in [4.69, 9.17) is 9.68 Å². The third-order valence-electron chi connectivity index (χ3n) is 2.94. The first-order chi connectivity index (χ1) is 9.60. The Morgan fingerprint density at radius 2 is 2.00 bits per heavy atom. The molecule has 0 spiro atoms. The number of aryl methyl sites for hydroxylation is 1. The molecule has 2 rings (SSSR count). The van der Waals surface area contributed by atoms with Crippen LogP contribution in [0.25, 0.3) is 11.5 Å². The second-order valence-electron chi connectivity index (χ2n) is 5.06. The number of quaternary nitrogens is 1. The molecule has 1 aromatic heterocycles. The third kappa shape index (κ3) is 3.37. The van der Waals surface area contributed by atoms with E-state index in [1.165, 1.54) is 10.5 Å². The first kappa shape index (κ1) is 14.1. The first-order valence-corrected chi connectivity index (χ1v) is 6.61. The van der Waals surface area contributed by atoms with Crippen molar-refractivity contribution < 1.29 is 9.32 Å². The predicted molar refractivity (Wildman–Crippen MR) is 77.6 cm³/mol. The summed E-state index contributed by atoms with van der Waals surface area (Å²) in [5, 5.41) is 12.2. The first-order valence-electron chi connectivity index (χ1n) is 6.61. The normalized spacial score (nSPS) is 10.6. The highest BCUT2D eigenvalue weighted by Gasteiger charge is 2.14. The molecule has 0 saturated heterocycles. The van der Waals surface area contributed by atoms with E-state index in [0.29, 0.717) is 17.5 Å². The molecule has 1 heterocycles. The smallest absolute Gasteiger partial charge is 0.232 e. The van der Waals surface area contributed by atoms with Crippen molar-refractivity contribution in [1.82, 2.24) is 4.98 Å². The van der Waals surface area contributed by atoms with Crippen molar-refractivity contribution in [3.63, 3.8) is 0 Å². The fourth-order valence-corrected chi connectivity index (χ4v) is 1.76. The Morgan fingerprint density at radius 3 is 2.60 bits per heavy atom. The number of anilines is 1. The van der Waals surface area contributed by atoms with Crippen LogP contribution in [0.15, 0.2) is 28.7 Å². The standard InChI is InChI=1S/C15H18N4O/c1-11-4-6-12(7-5-11)14-18-13(10-16)15(20-14)17-8-9-19(2)3/h4-7,17H,8-9H2,1-3H3/p+1. The second-order valence-corrected chi connectivity index (χ2v) is 5.06. The van der Waals surface area contributed by atoms with Gasteiger partial charge in [-0.3, -0.25) is 0 Å². The zero-order chi connectivity index (χ0) is 14.5. The topological polar surface area (TPSA) is 66.3 Å². The molecular formula is C15H19N4O+. The van der Waals surface area contributed by atoms with Gasteiger partial charge in [-0.2, -0.15) is 10.2 Å². The van der Waals surface area contributed by atoms with Gasteiger partial charge in [0.15, 0.2) is 0 Å². The van der Waals surface area contributed by atoms with E-state index in [1.807, 2.05) is 31.2 Å². The maximum absolute atomic E-state index is 9.11. The summed E-state index contributed by atoms with van der Waals surface area (Å²) < 4.78 is 5.66. The summed E-state index contributed by atoms with van der Waals surface area (Å²) in [6, 6.07) is 9.93. The summed E-state index contributed by atoms with van der Waals surface area (Å²) in [5.41, 5.74) is 2.35. The van der Waals surface area contributed by atoms with E-state index in [1.54, 1.807) is 0 Å². The fourth-order valence-electron chi connectivity index (χ4n) is 1.76. The average Bonchev–Trinajstić information content (AvgIpc) is 2.82. The van der Waals surface area contributed by atoms with E-state index < -0.39 is 0 Å². The van der Waals surface area contributed by atoms with Crippen LogP contribution in [0.3, 0.4) is 0 Å². The highest BCUT2D eigenvalue weighted by atomic mass is 16.4. The second kappa shape index (κ2) is 6.22. The Hall–Kier alpha value is -2.32. The van der Waals surface area contributed by atoms with Gasteiger partial charge in [0.1, 0.15) is 6.07 Å². The molecule has 0 unspecified atom stereocenters. The molecule has 104 valence electrons. The molecule has 0 fully saturated rings. The summed E-state index contributed by atoms with van der Waals surface area (Å²) >= 11 is 0. The number of hydrogen-bond acceptors (Lipinski definition) is 4. The van der Waals surface area contributed by atoms with Crippen molar-refractivity contribution in [1.29, 1.82) is 5.26 Å². The van der Waals surface area contributed by atoms with Crippen LogP contribution < -0.4 is 10.2 Å². The number of nitriles is 1. The number of likely N-dealkylation sites (N-methyl/N-ethyl adjacent to an activating group) is 1. The minimum absolute atomic E-state index is 0.300. The van der Waals surface area contributed by atoms with Crippen LogP contribution in [0.1, 0.15) is 11.3 Å². The number of benzene rings is 1. The molecule has 1 aromatic carbocycles. The third-order valence-corrected chi connectivity index (χ3v) is 2.94. The van der Waals surface area contributed by atoms with Crippen molar-refractivity contribution >= 4 is 5.88 Å². The van der Waals surface area contributed by atoms with Crippen molar-refractivity contribution in [2.75, 3.05) is 32.5 Å². The van der Waals surface area contributed by atoms with Gasteiger partial charge in [-0.05, 0) is 19.1 Å². The molecule has 2 N–H and O–H groups in total. The van der Waals surface area contributed by atoms with Gasteiger partial charge in [0.25, 0.3) is 0 Å². The number of nitrogens with zero attached hydrogens (tertiary/aromatic N) is 2. The summed E-state index contributed by atoms with van der Waals surface area (Å²) in [6.45, 7) is 3.70. The minimum atomic E-state index is 0.300. The molecule has 0 aliphatic carbocycles. The van der Waals surface area contributed by atoms with Crippen LogP contribution in [0.2, 0.25) is 0 Å². The molecule has 5 nitrogen and oxygen atoms in total. The van der Waals surface area contributed by atoms with E-state index in [-0.39, 0.29) is 0 Å². The van der Waals surface area contributed by atoms with Gasteiger partial charge in [0, 0.05) is 5.56 Å². The fraction of sp³-hybridized carbons (Fsp3) is 0.333. The maximum Gasteiger partial charge on any atom is 0.232 e. The number of oxazole rings is 1. The molecule has 0 saturated carbocycles. The van der Waals surface area contributed by atoms with Gasteiger partial charge in [0.05, 0.1) is 27.2 Å². The lowest BCUT2D eigenvalue weighted by Gasteiger charge is -2.07. The lowest BCUT2D eigenvalue weighted by atomic mass is 10.1. The molecule has 0 atom stereocenters. The Kier molecular flexibility index (Phi) is 4.38. The van der Waals surface area contributed by atoms with E-state index in [9.17, 15) is 0 Å². The van der Waals surface area contributed by atoms with Gasteiger partial charge in [-0.15, -0.1) is 0 Å². The molecule has 2 aromatic rings.